The van der Waals surface area contributed by atoms with E-state index in [0.29, 0.717) is 5.41 Å². The van der Waals surface area contributed by atoms with Gasteiger partial charge in [-0.05, 0) is 37.0 Å². The first-order chi connectivity index (χ1) is 5.96. The molecule has 0 bridgehead atoms. The monoisotopic (exact) mass is 185 g/mol. The molecular weight excluding hydrogens is 162 g/mol. The summed E-state index contributed by atoms with van der Waals surface area (Å²) < 4.78 is 0. The summed E-state index contributed by atoms with van der Waals surface area (Å²) in [5, 5.41) is 9.12. The molecule has 0 aromatic heterocycles. The zero-order valence-corrected chi connectivity index (χ0v) is 9.14. The van der Waals surface area contributed by atoms with Crippen LogP contribution in [0.15, 0.2) is 0 Å². The second kappa shape index (κ2) is 3.58. The summed E-state index contributed by atoms with van der Waals surface area (Å²) in [6, 6.07) is 0.192. The fourth-order valence-corrected chi connectivity index (χ4v) is 3.17. The van der Waals surface area contributed by atoms with Crippen LogP contribution in [0.4, 0.5) is 0 Å². The van der Waals surface area contributed by atoms with Gasteiger partial charge in [-0.15, -0.1) is 0 Å². The Morgan fingerprint density at radius 2 is 2.00 bits per heavy atom. The molecule has 2 nitrogen and oxygen atoms in total. The number of aliphatic hydroxyl groups is 1. The van der Waals surface area contributed by atoms with Crippen molar-refractivity contribution >= 4 is 0 Å². The van der Waals surface area contributed by atoms with Crippen molar-refractivity contribution in [1.29, 1.82) is 0 Å². The Labute approximate surface area is 81.5 Å². The Morgan fingerprint density at radius 1 is 1.38 bits per heavy atom. The maximum absolute atomic E-state index is 9.12. The molecule has 0 amide bonds. The van der Waals surface area contributed by atoms with E-state index in [2.05, 4.69) is 20.8 Å². The third-order valence-electron chi connectivity index (χ3n) is 4.20. The fraction of sp³-hybridized carbons (Fsp3) is 1.00. The lowest BCUT2D eigenvalue weighted by Gasteiger charge is -2.44. The lowest BCUT2D eigenvalue weighted by molar-refractivity contribution is 0.0480. The van der Waals surface area contributed by atoms with Crippen LogP contribution in [0.5, 0.6) is 0 Å². The normalized spacial score (nSPS) is 34.8. The van der Waals surface area contributed by atoms with Crippen molar-refractivity contribution < 1.29 is 5.11 Å². The molecular formula is C11H23NO. The quantitative estimate of drug-likeness (QED) is 0.705. The molecule has 78 valence electrons. The number of hydrogen-bond donors (Lipinski definition) is 2. The van der Waals surface area contributed by atoms with Crippen molar-refractivity contribution in [2.45, 2.75) is 52.5 Å². The Balaban J connectivity index is 2.89. The van der Waals surface area contributed by atoms with Crippen LogP contribution in [0, 0.1) is 10.8 Å². The first-order valence-corrected chi connectivity index (χ1v) is 5.33. The summed E-state index contributed by atoms with van der Waals surface area (Å²) in [6.45, 7) is 6.94. The van der Waals surface area contributed by atoms with E-state index in [0.717, 1.165) is 6.42 Å². The highest BCUT2D eigenvalue weighted by molar-refractivity contribution is 5.02. The molecule has 2 unspecified atom stereocenters. The lowest BCUT2D eigenvalue weighted by Crippen LogP contribution is -2.47. The Morgan fingerprint density at radius 3 is 2.31 bits per heavy atom. The molecule has 0 aromatic carbocycles. The highest BCUT2D eigenvalue weighted by atomic mass is 16.3. The second-order valence-electron chi connectivity index (χ2n) is 5.16. The molecule has 2 atom stereocenters. The molecule has 0 radical (unpaired) electrons. The first-order valence-electron chi connectivity index (χ1n) is 5.33. The molecule has 1 saturated carbocycles. The van der Waals surface area contributed by atoms with E-state index in [1.54, 1.807) is 0 Å². The minimum Gasteiger partial charge on any atom is -0.396 e. The Kier molecular flexibility index (Phi) is 3.03. The number of aliphatic hydroxyl groups excluding tert-OH is 1. The van der Waals surface area contributed by atoms with Crippen LogP contribution in [0.25, 0.3) is 0 Å². The summed E-state index contributed by atoms with van der Waals surface area (Å²) in [7, 11) is 0. The summed E-state index contributed by atoms with van der Waals surface area (Å²) in [5.41, 5.74) is 6.55. The van der Waals surface area contributed by atoms with Gasteiger partial charge in [0, 0.05) is 12.6 Å². The molecule has 0 spiro atoms. The SMILES string of the molecule is CC(N)C1(CCO)CCCC1(C)C. The minimum atomic E-state index is 0.168. The Bertz CT molecular complexity index is 177. The predicted octanol–water partition coefficient (Wildman–Crippen LogP) is 1.91. The van der Waals surface area contributed by atoms with Crippen molar-refractivity contribution in [2.24, 2.45) is 16.6 Å². The summed E-state index contributed by atoms with van der Waals surface area (Å²) in [6.07, 6.45) is 4.54. The average molecular weight is 185 g/mol. The molecule has 1 rings (SSSR count). The van der Waals surface area contributed by atoms with Crippen molar-refractivity contribution in [1.82, 2.24) is 0 Å². The van der Waals surface area contributed by atoms with Gasteiger partial charge in [0.25, 0.3) is 0 Å². The second-order valence-corrected chi connectivity index (χ2v) is 5.16. The van der Waals surface area contributed by atoms with E-state index < -0.39 is 0 Å². The van der Waals surface area contributed by atoms with Crippen LogP contribution in [0.3, 0.4) is 0 Å². The largest absolute Gasteiger partial charge is 0.396 e. The maximum Gasteiger partial charge on any atom is 0.0437 e. The fourth-order valence-electron chi connectivity index (χ4n) is 3.17. The van der Waals surface area contributed by atoms with Crippen LogP contribution in [-0.4, -0.2) is 17.8 Å². The number of hydrogen-bond acceptors (Lipinski definition) is 2. The van der Waals surface area contributed by atoms with Crippen LogP contribution < -0.4 is 5.73 Å². The van der Waals surface area contributed by atoms with Crippen LogP contribution >= 0.6 is 0 Å². The third-order valence-corrected chi connectivity index (χ3v) is 4.20. The van der Waals surface area contributed by atoms with Crippen molar-refractivity contribution in [3.8, 4) is 0 Å². The van der Waals surface area contributed by atoms with Crippen molar-refractivity contribution in [3.63, 3.8) is 0 Å². The van der Waals surface area contributed by atoms with Crippen LogP contribution in [0.1, 0.15) is 46.5 Å². The van der Waals surface area contributed by atoms with E-state index in [4.69, 9.17) is 10.8 Å². The van der Waals surface area contributed by atoms with Gasteiger partial charge < -0.3 is 10.8 Å². The first kappa shape index (κ1) is 11.0. The van der Waals surface area contributed by atoms with Gasteiger partial charge in [-0.25, -0.2) is 0 Å². The lowest BCUT2D eigenvalue weighted by atomic mass is 9.62. The predicted molar refractivity (Wildman–Crippen MR) is 55.4 cm³/mol. The molecule has 1 fully saturated rings. The summed E-state index contributed by atoms with van der Waals surface area (Å²) in [4.78, 5) is 0. The van der Waals surface area contributed by atoms with Gasteiger partial charge >= 0.3 is 0 Å². The molecule has 0 aromatic rings. The van der Waals surface area contributed by atoms with E-state index in [1.807, 2.05) is 0 Å². The molecule has 0 heterocycles. The smallest absolute Gasteiger partial charge is 0.0437 e. The standard InChI is InChI=1S/C11H23NO/c1-9(12)11(7-8-13)6-4-5-10(11,2)3/h9,13H,4-8,12H2,1-3H3. The summed E-state index contributed by atoms with van der Waals surface area (Å²) >= 11 is 0. The van der Waals surface area contributed by atoms with Crippen LogP contribution in [0.2, 0.25) is 0 Å². The average Bonchev–Trinajstić information content (AvgIpc) is 2.28. The van der Waals surface area contributed by atoms with Crippen molar-refractivity contribution in [3.05, 3.63) is 0 Å². The third kappa shape index (κ3) is 1.62. The van der Waals surface area contributed by atoms with Gasteiger partial charge in [-0.3, -0.25) is 0 Å². The van der Waals surface area contributed by atoms with Gasteiger partial charge in [0.1, 0.15) is 0 Å². The Hall–Kier alpha value is -0.0800. The van der Waals surface area contributed by atoms with E-state index in [9.17, 15) is 0 Å². The topological polar surface area (TPSA) is 46.2 Å². The van der Waals surface area contributed by atoms with E-state index in [-0.39, 0.29) is 18.1 Å². The molecule has 0 aliphatic heterocycles. The van der Waals surface area contributed by atoms with Gasteiger partial charge in [0.2, 0.25) is 0 Å². The van der Waals surface area contributed by atoms with Gasteiger partial charge in [-0.1, -0.05) is 20.3 Å². The van der Waals surface area contributed by atoms with Crippen LogP contribution in [-0.2, 0) is 0 Å². The zero-order chi connectivity index (χ0) is 10.1. The maximum atomic E-state index is 9.12. The van der Waals surface area contributed by atoms with Gasteiger partial charge in [0.15, 0.2) is 0 Å². The molecule has 13 heavy (non-hydrogen) atoms. The molecule has 1 aliphatic carbocycles. The highest BCUT2D eigenvalue weighted by Gasteiger charge is 2.50. The minimum absolute atomic E-state index is 0.168. The van der Waals surface area contributed by atoms with Gasteiger partial charge in [-0.2, -0.15) is 0 Å². The molecule has 1 aliphatic rings. The number of rotatable bonds is 3. The number of nitrogens with two attached hydrogens (primary N) is 1. The van der Waals surface area contributed by atoms with Crippen molar-refractivity contribution in [2.75, 3.05) is 6.61 Å². The highest BCUT2D eigenvalue weighted by Crippen LogP contribution is 2.56. The van der Waals surface area contributed by atoms with Gasteiger partial charge in [0.05, 0.1) is 0 Å². The zero-order valence-electron chi connectivity index (χ0n) is 9.14. The van der Waals surface area contributed by atoms with E-state index >= 15 is 0 Å². The molecule has 2 heteroatoms. The van der Waals surface area contributed by atoms with E-state index in [1.165, 1.54) is 19.3 Å². The summed E-state index contributed by atoms with van der Waals surface area (Å²) in [5.74, 6) is 0. The molecule has 3 N–H and O–H groups in total. The molecule has 0 saturated heterocycles.